The molecule has 0 unspecified atom stereocenters. The second-order valence-corrected chi connectivity index (χ2v) is 4.45. The normalized spacial score (nSPS) is 13.1. The molecular weight excluding hydrogens is 375 g/mol. The van der Waals surface area contributed by atoms with Crippen molar-refractivity contribution in [3.8, 4) is 0 Å². The predicted octanol–water partition coefficient (Wildman–Crippen LogP) is -0.106. The average molecular weight is 396 g/mol. The SMILES string of the molecule is C[N+](C)(C)CCCC[C@H](N)C(=O)O.[Pb+2]. The third kappa shape index (κ3) is 10.4. The van der Waals surface area contributed by atoms with Crippen molar-refractivity contribution >= 4 is 33.3 Å². The number of carbonyl (C=O) groups is 1. The molecular formula is C9H21N2O2Pb+3. The Kier molecular flexibility index (Phi) is 9.06. The summed E-state index contributed by atoms with van der Waals surface area (Å²) in [6.07, 6.45) is 2.50. The molecule has 0 aliphatic rings. The van der Waals surface area contributed by atoms with Crippen molar-refractivity contribution in [2.75, 3.05) is 27.7 Å². The zero-order valence-electron chi connectivity index (χ0n) is 9.29. The quantitative estimate of drug-likeness (QED) is 0.374. The molecule has 0 bridgehead atoms. The molecule has 1 atom stereocenters. The number of nitrogens with two attached hydrogens (primary N) is 1. The van der Waals surface area contributed by atoms with Crippen LogP contribution in [0.25, 0.3) is 0 Å². The number of hydrogen-bond acceptors (Lipinski definition) is 2. The van der Waals surface area contributed by atoms with Crippen LogP contribution in [0.1, 0.15) is 19.3 Å². The molecule has 0 amide bonds. The zero-order valence-corrected chi connectivity index (χ0v) is 13.2. The molecule has 0 aliphatic heterocycles. The van der Waals surface area contributed by atoms with Crippen LogP contribution < -0.4 is 5.73 Å². The van der Waals surface area contributed by atoms with Gasteiger partial charge in [-0.3, -0.25) is 4.79 Å². The fourth-order valence-electron chi connectivity index (χ4n) is 1.07. The van der Waals surface area contributed by atoms with Crippen LogP contribution in [-0.4, -0.2) is 76.6 Å². The van der Waals surface area contributed by atoms with Crippen molar-refractivity contribution in [3.63, 3.8) is 0 Å². The molecule has 0 aromatic rings. The van der Waals surface area contributed by atoms with Crippen molar-refractivity contribution in [2.45, 2.75) is 25.3 Å². The van der Waals surface area contributed by atoms with E-state index >= 15 is 0 Å². The molecule has 0 aromatic carbocycles. The van der Waals surface area contributed by atoms with Crippen LogP contribution in [-0.2, 0) is 4.79 Å². The smallest absolute Gasteiger partial charge is 0.480 e. The van der Waals surface area contributed by atoms with Gasteiger partial charge < -0.3 is 15.3 Å². The summed E-state index contributed by atoms with van der Waals surface area (Å²) in [6.45, 7) is 1.06. The van der Waals surface area contributed by atoms with Gasteiger partial charge in [-0.15, -0.1) is 0 Å². The van der Waals surface area contributed by atoms with Gasteiger partial charge in [0.15, 0.2) is 0 Å². The van der Waals surface area contributed by atoms with Crippen molar-refractivity contribution in [1.29, 1.82) is 0 Å². The van der Waals surface area contributed by atoms with E-state index in [4.69, 9.17) is 10.8 Å². The molecule has 4 nitrogen and oxygen atoms in total. The minimum atomic E-state index is -0.898. The standard InChI is InChI=1S/C9H20N2O2.Pb/c1-11(2,3)7-5-4-6-8(10)9(12)13;/h8H,4-7,10H2,1-3H3;/q;+2/p+1/t8-;/m0./s1. The largest absolute Gasteiger partial charge is 2.00 e. The van der Waals surface area contributed by atoms with E-state index in [9.17, 15) is 4.79 Å². The Morgan fingerprint density at radius 3 is 2.21 bits per heavy atom. The van der Waals surface area contributed by atoms with E-state index in [2.05, 4.69) is 21.1 Å². The monoisotopic (exact) mass is 397 g/mol. The van der Waals surface area contributed by atoms with Crippen LogP contribution in [0.5, 0.6) is 0 Å². The Labute approximate surface area is 106 Å². The molecule has 0 heterocycles. The number of hydrogen-bond donors (Lipinski definition) is 2. The molecule has 0 saturated carbocycles. The Balaban J connectivity index is 0. The fourth-order valence-corrected chi connectivity index (χ4v) is 1.07. The number of rotatable bonds is 6. The maximum Gasteiger partial charge on any atom is 2.00 e. The Hall–Kier alpha value is 0.312. The summed E-state index contributed by atoms with van der Waals surface area (Å²) in [5, 5.41) is 8.51. The molecule has 0 aromatic heterocycles. The fraction of sp³-hybridized carbons (Fsp3) is 0.889. The minimum absolute atomic E-state index is 0. The predicted molar refractivity (Wildman–Crippen MR) is 58.1 cm³/mol. The van der Waals surface area contributed by atoms with E-state index in [1.807, 2.05) is 0 Å². The van der Waals surface area contributed by atoms with E-state index in [0.29, 0.717) is 6.42 Å². The number of aliphatic carboxylic acids is 1. The first-order valence-corrected chi connectivity index (χ1v) is 4.62. The number of carboxylic acid groups (broad SMARTS) is 1. The Morgan fingerprint density at radius 2 is 1.86 bits per heavy atom. The molecule has 0 saturated heterocycles. The maximum atomic E-state index is 10.4. The van der Waals surface area contributed by atoms with Gasteiger partial charge in [0.1, 0.15) is 6.04 Å². The third-order valence-corrected chi connectivity index (χ3v) is 1.91. The van der Waals surface area contributed by atoms with Gasteiger partial charge in [-0.2, -0.15) is 0 Å². The third-order valence-electron chi connectivity index (χ3n) is 1.91. The van der Waals surface area contributed by atoms with Gasteiger partial charge in [0.05, 0.1) is 27.7 Å². The average Bonchev–Trinajstić information content (AvgIpc) is 1.95. The Bertz CT molecular complexity index is 169. The van der Waals surface area contributed by atoms with E-state index < -0.39 is 12.0 Å². The van der Waals surface area contributed by atoms with Crippen molar-refractivity contribution in [2.24, 2.45) is 5.73 Å². The first-order valence-electron chi connectivity index (χ1n) is 4.62. The second-order valence-electron chi connectivity index (χ2n) is 4.45. The molecule has 0 spiro atoms. The van der Waals surface area contributed by atoms with Gasteiger partial charge in [0.2, 0.25) is 0 Å². The van der Waals surface area contributed by atoms with Gasteiger partial charge in [-0.1, -0.05) is 0 Å². The van der Waals surface area contributed by atoms with Crippen molar-refractivity contribution < 1.29 is 14.4 Å². The van der Waals surface area contributed by atoms with Gasteiger partial charge in [0.25, 0.3) is 0 Å². The topological polar surface area (TPSA) is 63.3 Å². The van der Waals surface area contributed by atoms with Crippen LogP contribution in [0.4, 0.5) is 0 Å². The van der Waals surface area contributed by atoms with Gasteiger partial charge in [0, 0.05) is 0 Å². The Morgan fingerprint density at radius 1 is 1.36 bits per heavy atom. The van der Waals surface area contributed by atoms with E-state index in [0.717, 1.165) is 23.9 Å². The van der Waals surface area contributed by atoms with Crippen molar-refractivity contribution in [3.05, 3.63) is 0 Å². The molecule has 0 fully saturated rings. The molecule has 0 aliphatic carbocycles. The first-order chi connectivity index (χ1) is 5.83. The van der Waals surface area contributed by atoms with E-state index in [-0.39, 0.29) is 27.3 Å². The molecule has 80 valence electrons. The summed E-state index contributed by atoms with van der Waals surface area (Å²) in [5.41, 5.74) is 5.36. The first kappa shape index (κ1) is 16.7. The summed E-state index contributed by atoms with van der Waals surface area (Å²) in [4.78, 5) is 10.4. The minimum Gasteiger partial charge on any atom is -0.480 e. The van der Waals surface area contributed by atoms with Gasteiger partial charge >= 0.3 is 33.3 Å². The van der Waals surface area contributed by atoms with Gasteiger partial charge in [-0.05, 0) is 19.3 Å². The zero-order chi connectivity index (χ0) is 10.5. The molecule has 5 heteroatoms. The molecule has 0 rings (SSSR count). The molecule has 14 heavy (non-hydrogen) atoms. The van der Waals surface area contributed by atoms with Crippen LogP contribution >= 0.6 is 0 Å². The number of unbranched alkanes of at least 4 members (excludes halogenated alkanes) is 1. The van der Waals surface area contributed by atoms with Crippen LogP contribution in [0.2, 0.25) is 0 Å². The summed E-state index contributed by atoms with van der Waals surface area (Å²) in [6, 6.07) is -0.688. The number of quaternary nitrogens is 1. The molecule has 2 radical (unpaired) electrons. The summed E-state index contributed by atoms with van der Waals surface area (Å²) < 4.78 is 0.919. The van der Waals surface area contributed by atoms with E-state index in [1.54, 1.807) is 0 Å². The number of carboxylic acids is 1. The van der Waals surface area contributed by atoms with Crippen LogP contribution in [0, 0.1) is 0 Å². The van der Waals surface area contributed by atoms with Crippen molar-refractivity contribution in [1.82, 2.24) is 0 Å². The van der Waals surface area contributed by atoms with Crippen LogP contribution in [0.3, 0.4) is 0 Å². The number of nitrogens with zero attached hydrogens (tertiary/aromatic N) is 1. The second kappa shape index (κ2) is 7.58. The summed E-state index contributed by atoms with van der Waals surface area (Å²) in [7, 11) is 6.37. The van der Waals surface area contributed by atoms with E-state index in [1.165, 1.54) is 0 Å². The summed E-state index contributed by atoms with van der Waals surface area (Å²) in [5.74, 6) is -0.898. The van der Waals surface area contributed by atoms with Gasteiger partial charge in [-0.25, -0.2) is 0 Å². The molecule has 3 N–H and O–H groups in total. The maximum absolute atomic E-state index is 10.4. The van der Waals surface area contributed by atoms with Crippen LogP contribution in [0.15, 0.2) is 0 Å². The summed E-state index contributed by atoms with van der Waals surface area (Å²) >= 11 is 0.